The van der Waals surface area contributed by atoms with Gasteiger partial charge in [-0.15, -0.1) is 0 Å². The third kappa shape index (κ3) is 4.05. The number of aromatic nitrogens is 1. The van der Waals surface area contributed by atoms with E-state index in [0.29, 0.717) is 5.52 Å². The predicted molar refractivity (Wildman–Crippen MR) is 100 cm³/mol. The van der Waals surface area contributed by atoms with Gasteiger partial charge in [0.1, 0.15) is 0 Å². The number of anilines is 1. The van der Waals surface area contributed by atoms with Crippen LogP contribution in [0.3, 0.4) is 0 Å². The monoisotopic (exact) mass is 343 g/mol. The summed E-state index contributed by atoms with van der Waals surface area (Å²) in [6, 6.07) is 7.32. The first-order valence-corrected chi connectivity index (χ1v) is 8.66. The van der Waals surface area contributed by atoms with Crippen LogP contribution in [0.2, 0.25) is 0 Å². The van der Waals surface area contributed by atoms with Gasteiger partial charge >= 0.3 is 0 Å². The highest BCUT2D eigenvalue weighted by atomic mass is 16.6. The molecule has 1 aromatic heterocycles. The lowest BCUT2D eigenvalue weighted by Gasteiger charge is -2.34. The van der Waals surface area contributed by atoms with Crippen molar-refractivity contribution in [3.05, 3.63) is 40.1 Å². The first-order valence-electron chi connectivity index (χ1n) is 8.66. The molecule has 1 fully saturated rings. The molecule has 7 nitrogen and oxygen atoms in total. The minimum atomic E-state index is -0.369. The van der Waals surface area contributed by atoms with Gasteiger partial charge in [0.05, 0.1) is 4.92 Å². The van der Waals surface area contributed by atoms with Gasteiger partial charge in [0, 0.05) is 61.6 Å². The molecule has 2 heterocycles. The first kappa shape index (κ1) is 17.6. The van der Waals surface area contributed by atoms with E-state index in [1.165, 1.54) is 6.07 Å². The number of hydrogen-bond donors (Lipinski definition) is 1. The Hall–Kier alpha value is -2.25. The third-order valence-electron chi connectivity index (χ3n) is 4.67. The number of nitro benzene ring substituents is 1. The maximum Gasteiger partial charge on any atom is 0.295 e. The maximum atomic E-state index is 11.3. The highest BCUT2D eigenvalue weighted by Gasteiger charge is 2.19. The summed E-state index contributed by atoms with van der Waals surface area (Å²) >= 11 is 0. The Morgan fingerprint density at radius 3 is 2.72 bits per heavy atom. The summed E-state index contributed by atoms with van der Waals surface area (Å²) in [5.74, 6) is 0. The molecule has 0 radical (unpaired) electrons. The van der Waals surface area contributed by atoms with E-state index in [-0.39, 0.29) is 16.7 Å². The molecule has 1 unspecified atom stereocenters. The number of non-ortho nitro benzene ring substituents is 1. The second-order valence-electron chi connectivity index (χ2n) is 6.89. The van der Waals surface area contributed by atoms with Crippen molar-refractivity contribution < 1.29 is 4.92 Å². The van der Waals surface area contributed by atoms with Crippen LogP contribution in [0.5, 0.6) is 0 Å². The minimum Gasteiger partial charge on any atom is -0.381 e. The molecule has 0 aliphatic carbocycles. The van der Waals surface area contributed by atoms with E-state index in [1.807, 2.05) is 19.1 Å². The lowest BCUT2D eigenvalue weighted by molar-refractivity contribution is -0.383. The number of para-hydroxylation sites is 1. The van der Waals surface area contributed by atoms with E-state index < -0.39 is 0 Å². The number of nitrogens with one attached hydrogen (secondary N) is 1. The van der Waals surface area contributed by atoms with Gasteiger partial charge in [-0.1, -0.05) is 12.1 Å². The number of rotatable bonds is 5. The quantitative estimate of drug-likeness (QED) is 0.664. The standard InChI is InChI=1S/C18H25N5O2/c1-13-11-16(15-5-4-6-17(23(24)25)18(15)20-13)19-14(2)12-22-9-7-21(3)8-10-22/h4-6,11,14H,7-10,12H2,1-3H3,(H,19,20). The SMILES string of the molecule is Cc1cc(NC(C)CN2CCN(C)CC2)c2cccc([N+](=O)[O-])c2n1. The van der Waals surface area contributed by atoms with Crippen molar-refractivity contribution in [3.8, 4) is 0 Å². The second kappa shape index (κ2) is 7.33. The van der Waals surface area contributed by atoms with Crippen LogP contribution in [0.25, 0.3) is 10.9 Å². The normalized spacial score (nSPS) is 17.6. The molecule has 0 amide bonds. The molecule has 1 atom stereocenters. The highest BCUT2D eigenvalue weighted by molar-refractivity contribution is 5.96. The Kier molecular flexibility index (Phi) is 5.15. The Morgan fingerprint density at radius 2 is 2.04 bits per heavy atom. The predicted octanol–water partition coefficient (Wildman–Crippen LogP) is 2.50. The number of hydrogen-bond acceptors (Lipinski definition) is 6. The van der Waals surface area contributed by atoms with Gasteiger partial charge in [0.15, 0.2) is 5.52 Å². The number of benzene rings is 1. The van der Waals surface area contributed by atoms with Gasteiger partial charge in [-0.2, -0.15) is 0 Å². The van der Waals surface area contributed by atoms with E-state index in [1.54, 1.807) is 6.07 Å². The number of pyridine rings is 1. The molecule has 0 spiro atoms. The summed E-state index contributed by atoms with van der Waals surface area (Å²) in [6.45, 7) is 9.30. The number of piperazine rings is 1. The number of likely N-dealkylation sites (N-methyl/N-ethyl adjacent to an activating group) is 1. The average Bonchev–Trinajstić information content (AvgIpc) is 2.56. The van der Waals surface area contributed by atoms with Crippen LogP contribution in [-0.2, 0) is 0 Å². The molecule has 3 rings (SSSR count). The molecule has 0 saturated carbocycles. The maximum absolute atomic E-state index is 11.3. The van der Waals surface area contributed by atoms with Crippen molar-refractivity contribution >= 4 is 22.3 Å². The van der Waals surface area contributed by atoms with Crippen LogP contribution in [0, 0.1) is 17.0 Å². The van der Waals surface area contributed by atoms with Crippen molar-refractivity contribution in [1.29, 1.82) is 0 Å². The zero-order chi connectivity index (χ0) is 18.0. The number of nitrogens with zero attached hydrogens (tertiary/aromatic N) is 4. The summed E-state index contributed by atoms with van der Waals surface area (Å²) < 4.78 is 0. The van der Waals surface area contributed by atoms with Crippen molar-refractivity contribution in [3.63, 3.8) is 0 Å². The van der Waals surface area contributed by atoms with E-state index in [9.17, 15) is 10.1 Å². The van der Waals surface area contributed by atoms with Crippen molar-refractivity contribution in [2.24, 2.45) is 0 Å². The number of nitro groups is 1. The Morgan fingerprint density at radius 1 is 1.32 bits per heavy atom. The van der Waals surface area contributed by atoms with Crippen LogP contribution < -0.4 is 5.32 Å². The molecule has 1 saturated heterocycles. The molecule has 1 aliphatic rings. The Bertz CT molecular complexity index is 771. The van der Waals surface area contributed by atoms with Gasteiger partial charge in [-0.3, -0.25) is 15.0 Å². The molecule has 7 heteroatoms. The molecule has 1 N–H and O–H groups in total. The third-order valence-corrected chi connectivity index (χ3v) is 4.67. The van der Waals surface area contributed by atoms with E-state index in [0.717, 1.165) is 49.5 Å². The number of fused-ring (bicyclic) bond motifs is 1. The smallest absolute Gasteiger partial charge is 0.295 e. The largest absolute Gasteiger partial charge is 0.381 e. The van der Waals surface area contributed by atoms with Crippen LogP contribution in [0.1, 0.15) is 12.6 Å². The molecule has 25 heavy (non-hydrogen) atoms. The van der Waals surface area contributed by atoms with Crippen LogP contribution in [-0.4, -0.2) is 65.5 Å². The first-order chi connectivity index (χ1) is 11.9. The molecule has 1 aliphatic heterocycles. The topological polar surface area (TPSA) is 74.5 Å². The fourth-order valence-corrected chi connectivity index (χ4v) is 3.36. The molecular formula is C18H25N5O2. The molecular weight excluding hydrogens is 318 g/mol. The summed E-state index contributed by atoms with van der Waals surface area (Å²) in [5, 5.41) is 15.6. The summed E-state index contributed by atoms with van der Waals surface area (Å²) in [4.78, 5) is 20.1. The molecule has 2 aromatic rings. The zero-order valence-corrected chi connectivity index (χ0v) is 15.0. The highest BCUT2D eigenvalue weighted by Crippen LogP contribution is 2.30. The van der Waals surface area contributed by atoms with Gasteiger partial charge in [0.2, 0.25) is 0 Å². The molecule has 134 valence electrons. The van der Waals surface area contributed by atoms with Crippen molar-refractivity contribution in [2.45, 2.75) is 19.9 Å². The van der Waals surface area contributed by atoms with E-state index in [2.05, 4.69) is 34.1 Å². The minimum absolute atomic E-state index is 0.0518. The van der Waals surface area contributed by atoms with Crippen LogP contribution in [0.4, 0.5) is 11.4 Å². The van der Waals surface area contributed by atoms with Crippen LogP contribution in [0.15, 0.2) is 24.3 Å². The van der Waals surface area contributed by atoms with Gasteiger partial charge < -0.3 is 10.2 Å². The van der Waals surface area contributed by atoms with Crippen molar-refractivity contribution in [2.75, 3.05) is 45.1 Å². The zero-order valence-electron chi connectivity index (χ0n) is 15.0. The van der Waals surface area contributed by atoms with Crippen molar-refractivity contribution in [1.82, 2.24) is 14.8 Å². The Labute approximate surface area is 147 Å². The van der Waals surface area contributed by atoms with Gasteiger partial charge in [0.25, 0.3) is 5.69 Å². The fourth-order valence-electron chi connectivity index (χ4n) is 3.36. The lowest BCUT2D eigenvalue weighted by atomic mass is 10.1. The summed E-state index contributed by atoms with van der Waals surface area (Å²) in [5.41, 5.74) is 2.18. The van der Waals surface area contributed by atoms with E-state index in [4.69, 9.17) is 0 Å². The van der Waals surface area contributed by atoms with Gasteiger partial charge in [-0.05, 0) is 27.0 Å². The second-order valence-corrected chi connectivity index (χ2v) is 6.89. The van der Waals surface area contributed by atoms with Crippen LogP contribution >= 0.6 is 0 Å². The molecule has 0 bridgehead atoms. The number of aryl methyl sites for hydroxylation is 1. The summed E-state index contributed by atoms with van der Waals surface area (Å²) in [7, 11) is 2.15. The fraction of sp³-hybridized carbons (Fsp3) is 0.500. The summed E-state index contributed by atoms with van der Waals surface area (Å²) in [6.07, 6.45) is 0. The van der Waals surface area contributed by atoms with E-state index >= 15 is 0 Å². The Balaban J connectivity index is 1.81. The van der Waals surface area contributed by atoms with Gasteiger partial charge in [-0.25, -0.2) is 4.98 Å². The lowest BCUT2D eigenvalue weighted by Crippen LogP contribution is -2.47. The average molecular weight is 343 g/mol. The molecule has 1 aromatic carbocycles.